The van der Waals surface area contributed by atoms with Gasteiger partial charge in [0.15, 0.2) is 22.3 Å². The van der Waals surface area contributed by atoms with Crippen LogP contribution in [-0.4, -0.2) is 19.8 Å². The van der Waals surface area contributed by atoms with Gasteiger partial charge in [-0.15, -0.1) is 0 Å². The Hall–Kier alpha value is -2.25. The summed E-state index contributed by atoms with van der Waals surface area (Å²) in [5.74, 6) is -0.996. The smallest absolute Gasteiger partial charge is 0.178 e. The molecule has 0 saturated heterocycles. The second-order valence-corrected chi connectivity index (χ2v) is 7.81. The molecular weight excluding hydrogens is 372 g/mol. The van der Waals surface area contributed by atoms with Gasteiger partial charge in [-0.3, -0.25) is 0 Å². The standard InChI is InChI=1S/C17H12ClF2NO3S/c1-25(22,23)15-7-4-11(8-13(15)20)16-14(9-19)24-21-17(16)10-2-5-12(18)6-3-10/h2-8H,9H2,1H3. The molecule has 0 spiro atoms. The zero-order valence-electron chi connectivity index (χ0n) is 13.0. The van der Waals surface area contributed by atoms with Crippen LogP contribution >= 0.6 is 11.6 Å². The zero-order valence-corrected chi connectivity index (χ0v) is 14.5. The first kappa shape index (κ1) is 17.6. The van der Waals surface area contributed by atoms with E-state index in [-0.39, 0.29) is 16.9 Å². The molecule has 3 rings (SSSR count). The molecule has 0 saturated carbocycles. The number of rotatable bonds is 4. The van der Waals surface area contributed by atoms with Gasteiger partial charge in [0, 0.05) is 16.8 Å². The van der Waals surface area contributed by atoms with Crippen molar-refractivity contribution in [1.29, 1.82) is 0 Å². The third kappa shape index (κ3) is 3.43. The van der Waals surface area contributed by atoms with Crippen LogP contribution in [0.15, 0.2) is 51.9 Å². The van der Waals surface area contributed by atoms with Gasteiger partial charge in [-0.25, -0.2) is 17.2 Å². The highest BCUT2D eigenvalue weighted by Crippen LogP contribution is 2.36. The van der Waals surface area contributed by atoms with E-state index in [0.717, 1.165) is 18.4 Å². The number of alkyl halides is 1. The molecule has 1 aromatic heterocycles. The molecule has 1 heterocycles. The highest BCUT2D eigenvalue weighted by Gasteiger charge is 2.22. The number of hydrogen-bond acceptors (Lipinski definition) is 4. The van der Waals surface area contributed by atoms with Crippen LogP contribution in [-0.2, 0) is 16.5 Å². The Balaban J connectivity index is 2.18. The highest BCUT2D eigenvalue weighted by atomic mass is 35.5. The van der Waals surface area contributed by atoms with Gasteiger partial charge in [-0.05, 0) is 29.8 Å². The molecule has 0 aliphatic rings. The van der Waals surface area contributed by atoms with Gasteiger partial charge < -0.3 is 4.52 Å². The number of sulfone groups is 1. The Morgan fingerprint density at radius 3 is 2.32 bits per heavy atom. The van der Waals surface area contributed by atoms with Crippen molar-refractivity contribution in [2.24, 2.45) is 0 Å². The molecule has 3 aromatic rings. The van der Waals surface area contributed by atoms with Gasteiger partial charge in [0.25, 0.3) is 0 Å². The Morgan fingerprint density at radius 2 is 1.76 bits per heavy atom. The summed E-state index contributed by atoms with van der Waals surface area (Å²) in [6, 6.07) is 10.2. The summed E-state index contributed by atoms with van der Waals surface area (Å²) < 4.78 is 55.6. The lowest BCUT2D eigenvalue weighted by Crippen LogP contribution is -2.01. The van der Waals surface area contributed by atoms with Crippen molar-refractivity contribution in [1.82, 2.24) is 5.16 Å². The number of hydrogen-bond donors (Lipinski definition) is 0. The van der Waals surface area contributed by atoms with Crippen LogP contribution in [0.2, 0.25) is 5.02 Å². The molecule has 0 amide bonds. The molecule has 0 radical (unpaired) electrons. The van der Waals surface area contributed by atoms with Crippen molar-refractivity contribution in [2.45, 2.75) is 11.6 Å². The topological polar surface area (TPSA) is 60.2 Å². The van der Waals surface area contributed by atoms with Crippen molar-refractivity contribution < 1.29 is 21.7 Å². The lowest BCUT2D eigenvalue weighted by molar-refractivity contribution is 0.332. The highest BCUT2D eigenvalue weighted by molar-refractivity contribution is 7.90. The predicted molar refractivity (Wildman–Crippen MR) is 90.3 cm³/mol. The largest absolute Gasteiger partial charge is 0.357 e. The van der Waals surface area contributed by atoms with Crippen LogP contribution in [0.25, 0.3) is 22.4 Å². The normalized spacial score (nSPS) is 11.7. The second kappa shape index (κ2) is 6.57. The summed E-state index contributed by atoms with van der Waals surface area (Å²) >= 11 is 5.86. The van der Waals surface area contributed by atoms with Crippen LogP contribution < -0.4 is 0 Å². The first-order valence-electron chi connectivity index (χ1n) is 7.11. The summed E-state index contributed by atoms with van der Waals surface area (Å²) in [6.07, 6.45) is 0.913. The minimum atomic E-state index is -3.70. The Morgan fingerprint density at radius 1 is 1.12 bits per heavy atom. The van der Waals surface area contributed by atoms with Gasteiger partial charge in [0.2, 0.25) is 0 Å². The van der Waals surface area contributed by atoms with E-state index >= 15 is 0 Å². The number of benzene rings is 2. The van der Waals surface area contributed by atoms with E-state index in [4.69, 9.17) is 16.1 Å². The number of halogens is 3. The van der Waals surface area contributed by atoms with Crippen molar-refractivity contribution in [3.8, 4) is 22.4 Å². The average molecular weight is 384 g/mol. The fraction of sp³-hybridized carbons (Fsp3) is 0.118. The van der Waals surface area contributed by atoms with Gasteiger partial charge in [-0.2, -0.15) is 0 Å². The maximum atomic E-state index is 14.2. The van der Waals surface area contributed by atoms with Crippen molar-refractivity contribution >= 4 is 21.4 Å². The summed E-state index contributed by atoms with van der Waals surface area (Å²) in [4.78, 5) is -0.428. The van der Waals surface area contributed by atoms with Crippen molar-refractivity contribution in [3.05, 3.63) is 59.1 Å². The van der Waals surface area contributed by atoms with E-state index in [2.05, 4.69) is 5.16 Å². The summed E-state index contributed by atoms with van der Waals surface area (Å²) in [5.41, 5.74) is 1.46. The molecule has 0 unspecified atom stereocenters. The first-order valence-corrected chi connectivity index (χ1v) is 9.38. The Bertz CT molecular complexity index is 1030. The molecule has 130 valence electrons. The zero-order chi connectivity index (χ0) is 18.2. The molecule has 4 nitrogen and oxygen atoms in total. The molecule has 2 aromatic carbocycles. The summed E-state index contributed by atoms with van der Waals surface area (Å²) in [7, 11) is -3.70. The molecule has 0 atom stereocenters. The van der Waals surface area contributed by atoms with Crippen LogP contribution in [0.5, 0.6) is 0 Å². The molecule has 0 aliphatic heterocycles. The molecule has 0 N–H and O–H groups in total. The SMILES string of the molecule is CS(=O)(=O)c1ccc(-c2c(-c3ccc(Cl)cc3)noc2CF)cc1F. The van der Waals surface area contributed by atoms with E-state index in [9.17, 15) is 17.2 Å². The van der Waals surface area contributed by atoms with Gasteiger partial charge in [0.05, 0.1) is 5.56 Å². The van der Waals surface area contributed by atoms with Crippen molar-refractivity contribution in [3.63, 3.8) is 0 Å². The third-order valence-electron chi connectivity index (χ3n) is 3.62. The number of aromatic nitrogens is 1. The van der Waals surface area contributed by atoms with Gasteiger partial charge in [-0.1, -0.05) is 35.0 Å². The quantitative estimate of drug-likeness (QED) is 0.656. The average Bonchev–Trinajstić information content (AvgIpc) is 2.98. The molecule has 0 fully saturated rings. The molecule has 8 heteroatoms. The van der Waals surface area contributed by atoms with Crippen LogP contribution in [0, 0.1) is 5.82 Å². The lowest BCUT2D eigenvalue weighted by atomic mass is 9.99. The molecule has 25 heavy (non-hydrogen) atoms. The fourth-order valence-corrected chi connectivity index (χ4v) is 3.33. The van der Waals surface area contributed by atoms with E-state index < -0.39 is 27.2 Å². The van der Waals surface area contributed by atoms with Crippen molar-refractivity contribution in [2.75, 3.05) is 6.26 Å². The maximum Gasteiger partial charge on any atom is 0.178 e. The van der Waals surface area contributed by atoms with Gasteiger partial charge in [0.1, 0.15) is 16.4 Å². The van der Waals surface area contributed by atoms with E-state index in [1.807, 2.05) is 0 Å². The first-order chi connectivity index (χ1) is 11.8. The van der Waals surface area contributed by atoms with E-state index in [1.54, 1.807) is 24.3 Å². The number of nitrogens with zero attached hydrogens (tertiary/aromatic N) is 1. The van der Waals surface area contributed by atoms with E-state index in [1.165, 1.54) is 6.07 Å². The predicted octanol–water partition coefficient (Wildman–Crippen LogP) is 4.67. The summed E-state index contributed by atoms with van der Waals surface area (Å²) in [6.45, 7) is -0.939. The van der Waals surface area contributed by atoms with Crippen LogP contribution in [0.3, 0.4) is 0 Å². The second-order valence-electron chi connectivity index (χ2n) is 5.39. The fourth-order valence-electron chi connectivity index (χ4n) is 2.47. The molecule has 0 bridgehead atoms. The minimum Gasteiger partial charge on any atom is -0.357 e. The van der Waals surface area contributed by atoms with Crippen LogP contribution in [0.1, 0.15) is 5.76 Å². The Labute approximate surface area is 148 Å². The third-order valence-corrected chi connectivity index (χ3v) is 5.00. The monoisotopic (exact) mass is 383 g/mol. The maximum absolute atomic E-state index is 14.2. The molecule has 0 aliphatic carbocycles. The van der Waals surface area contributed by atoms with E-state index in [0.29, 0.717) is 16.3 Å². The van der Waals surface area contributed by atoms with Gasteiger partial charge >= 0.3 is 0 Å². The Kier molecular flexibility index (Phi) is 4.62. The summed E-state index contributed by atoms with van der Waals surface area (Å²) in [5, 5.41) is 4.38. The molecular formula is C17H12ClF2NO3S. The lowest BCUT2D eigenvalue weighted by Gasteiger charge is -2.06. The minimum absolute atomic E-state index is 0.0727. The van der Waals surface area contributed by atoms with Crippen LogP contribution in [0.4, 0.5) is 8.78 Å².